The van der Waals surface area contributed by atoms with Gasteiger partial charge in [0, 0.05) is 25.5 Å². The van der Waals surface area contributed by atoms with Crippen LogP contribution >= 0.6 is 0 Å². The van der Waals surface area contributed by atoms with Crippen molar-refractivity contribution in [2.45, 2.75) is 6.17 Å². The molecule has 0 spiro atoms. The van der Waals surface area contributed by atoms with Crippen LogP contribution in [0.3, 0.4) is 0 Å². The third kappa shape index (κ3) is 2.67. The second-order valence-corrected chi connectivity index (χ2v) is 4.30. The van der Waals surface area contributed by atoms with Crippen LogP contribution in [-0.2, 0) is 0 Å². The highest BCUT2D eigenvalue weighted by molar-refractivity contribution is 5.52. The number of para-hydroxylation sites is 2. The highest BCUT2D eigenvalue weighted by Gasteiger charge is 2.40. The van der Waals surface area contributed by atoms with Gasteiger partial charge in [0.2, 0.25) is 0 Å². The largest absolute Gasteiger partial charge is 0.413 e. The molecule has 0 aliphatic carbocycles. The predicted octanol–water partition coefficient (Wildman–Crippen LogP) is 3.81. The summed E-state index contributed by atoms with van der Waals surface area (Å²) in [6, 6.07) is 17.2. The van der Waals surface area contributed by atoms with Gasteiger partial charge >= 0.3 is 6.17 Å². The van der Waals surface area contributed by atoms with E-state index in [0.29, 0.717) is 11.4 Å². The van der Waals surface area contributed by atoms with Crippen molar-refractivity contribution in [1.29, 1.82) is 0 Å². The Balaban J connectivity index is 2.27. The summed E-state index contributed by atoms with van der Waals surface area (Å²) in [7, 11) is 2.77. The molecule has 0 aromatic heterocycles. The molecule has 2 nitrogen and oxygen atoms in total. The molecule has 0 radical (unpaired) electrons. The van der Waals surface area contributed by atoms with Gasteiger partial charge in [-0.1, -0.05) is 36.4 Å². The molecule has 0 saturated heterocycles. The standard InChI is InChI=1S/C15H16F2N2/c1-18(13-9-5-3-6-10-13)15(16,17)19(2)14-11-7-4-8-12-14/h3-12H,1-2H3. The molecule has 0 N–H and O–H groups in total. The van der Waals surface area contributed by atoms with E-state index < -0.39 is 6.17 Å². The molecule has 4 heteroatoms. The van der Waals surface area contributed by atoms with Gasteiger partial charge in [-0.3, -0.25) is 9.80 Å². The van der Waals surface area contributed by atoms with Crippen molar-refractivity contribution in [3.8, 4) is 0 Å². The zero-order valence-corrected chi connectivity index (χ0v) is 10.9. The van der Waals surface area contributed by atoms with Gasteiger partial charge in [-0.05, 0) is 24.3 Å². The molecule has 0 bridgehead atoms. The summed E-state index contributed by atoms with van der Waals surface area (Å²) in [5.74, 6) is 0. The van der Waals surface area contributed by atoms with Crippen LogP contribution < -0.4 is 9.80 Å². The molecule has 0 heterocycles. The van der Waals surface area contributed by atoms with E-state index in [-0.39, 0.29) is 0 Å². The molecule has 0 fully saturated rings. The van der Waals surface area contributed by atoms with Crippen LogP contribution in [0.1, 0.15) is 0 Å². The normalized spacial score (nSPS) is 11.2. The molecule has 0 amide bonds. The number of rotatable bonds is 4. The maximum atomic E-state index is 14.4. The van der Waals surface area contributed by atoms with E-state index in [2.05, 4.69) is 0 Å². The second-order valence-electron chi connectivity index (χ2n) is 4.30. The zero-order valence-electron chi connectivity index (χ0n) is 10.9. The van der Waals surface area contributed by atoms with E-state index in [9.17, 15) is 8.78 Å². The van der Waals surface area contributed by atoms with Gasteiger partial charge in [-0.25, -0.2) is 0 Å². The number of hydrogen-bond donors (Lipinski definition) is 0. The first-order chi connectivity index (χ1) is 9.03. The molecular formula is C15H16F2N2. The second kappa shape index (κ2) is 5.26. The summed E-state index contributed by atoms with van der Waals surface area (Å²) in [6.45, 7) is 0. The molecule has 2 rings (SSSR count). The molecule has 2 aromatic rings. The minimum absolute atomic E-state index is 0.468. The van der Waals surface area contributed by atoms with Gasteiger partial charge in [0.1, 0.15) is 0 Å². The van der Waals surface area contributed by atoms with Crippen LogP contribution in [0.2, 0.25) is 0 Å². The van der Waals surface area contributed by atoms with Crippen molar-refractivity contribution < 1.29 is 8.78 Å². The highest BCUT2D eigenvalue weighted by atomic mass is 19.3. The zero-order chi connectivity index (χ0) is 13.9. The lowest BCUT2D eigenvalue weighted by Gasteiger charge is -2.36. The monoisotopic (exact) mass is 262 g/mol. The molecule has 0 saturated carbocycles. The van der Waals surface area contributed by atoms with Crippen molar-refractivity contribution in [1.82, 2.24) is 0 Å². The molecule has 0 aliphatic rings. The fourth-order valence-electron chi connectivity index (χ4n) is 1.84. The predicted molar refractivity (Wildman–Crippen MR) is 74.6 cm³/mol. The maximum absolute atomic E-state index is 14.4. The lowest BCUT2D eigenvalue weighted by molar-refractivity contribution is 0.00425. The number of halogens is 2. The number of hydrogen-bond acceptors (Lipinski definition) is 2. The van der Waals surface area contributed by atoms with Crippen LogP contribution in [0.25, 0.3) is 0 Å². The average molecular weight is 262 g/mol. The van der Waals surface area contributed by atoms with Gasteiger partial charge in [-0.15, -0.1) is 0 Å². The molecule has 0 aliphatic heterocycles. The Morgan fingerprint density at radius 1 is 0.684 bits per heavy atom. The van der Waals surface area contributed by atoms with Gasteiger partial charge in [-0.2, -0.15) is 8.78 Å². The Morgan fingerprint density at radius 3 is 1.32 bits per heavy atom. The molecule has 0 unspecified atom stereocenters. The first kappa shape index (κ1) is 13.3. The highest BCUT2D eigenvalue weighted by Crippen LogP contribution is 2.31. The Labute approximate surface area is 111 Å². The van der Waals surface area contributed by atoms with E-state index in [1.807, 2.05) is 0 Å². The molecule has 0 atom stereocenters. The number of alkyl halides is 2. The Morgan fingerprint density at radius 2 is 1.00 bits per heavy atom. The third-order valence-electron chi connectivity index (χ3n) is 3.09. The minimum atomic E-state index is -3.11. The van der Waals surface area contributed by atoms with Gasteiger partial charge < -0.3 is 0 Å². The fourth-order valence-corrected chi connectivity index (χ4v) is 1.84. The van der Waals surface area contributed by atoms with Crippen LogP contribution in [0.15, 0.2) is 60.7 Å². The third-order valence-corrected chi connectivity index (χ3v) is 3.09. The number of benzene rings is 2. The summed E-state index contributed by atoms with van der Waals surface area (Å²) in [5.41, 5.74) is 0.936. The molecular weight excluding hydrogens is 246 g/mol. The van der Waals surface area contributed by atoms with Crippen molar-refractivity contribution in [2.75, 3.05) is 23.9 Å². The van der Waals surface area contributed by atoms with E-state index in [1.165, 1.54) is 14.1 Å². The average Bonchev–Trinajstić information content (AvgIpc) is 2.47. The minimum Gasteiger partial charge on any atom is -0.297 e. The Bertz CT molecular complexity index is 467. The maximum Gasteiger partial charge on any atom is 0.413 e. The lowest BCUT2D eigenvalue weighted by Crippen LogP contribution is -2.52. The smallest absolute Gasteiger partial charge is 0.297 e. The number of anilines is 2. The Kier molecular flexibility index (Phi) is 3.69. The van der Waals surface area contributed by atoms with Crippen molar-refractivity contribution in [3.05, 3.63) is 60.7 Å². The van der Waals surface area contributed by atoms with E-state index >= 15 is 0 Å². The molecule has 2 aromatic carbocycles. The summed E-state index contributed by atoms with van der Waals surface area (Å²) in [4.78, 5) is 1.92. The van der Waals surface area contributed by atoms with Crippen LogP contribution in [0.5, 0.6) is 0 Å². The molecule has 19 heavy (non-hydrogen) atoms. The van der Waals surface area contributed by atoms with Crippen molar-refractivity contribution >= 4 is 11.4 Å². The summed E-state index contributed by atoms with van der Waals surface area (Å²) < 4.78 is 28.9. The van der Waals surface area contributed by atoms with Crippen molar-refractivity contribution in [2.24, 2.45) is 0 Å². The summed E-state index contributed by atoms with van der Waals surface area (Å²) in [6.07, 6.45) is -3.11. The van der Waals surface area contributed by atoms with Gasteiger partial charge in [0.15, 0.2) is 0 Å². The van der Waals surface area contributed by atoms with Crippen LogP contribution in [0, 0.1) is 0 Å². The number of nitrogens with zero attached hydrogens (tertiary/aromatic N) is 2. The SMILES string of the molecule is CN(c1ccccc1)C(F)(F)N(C)c1ccccc1. The van der Waals surface area contributed by atoms with Gasteiger partial charge in [0.25, 0.3) is 0 Å². The van der Waals surface area contributed by atoms with Crippen LogP contribution in [0.4, 0.5) is 20.2 Å². The summed E-state index contributed by atoms with van der Waals surface area (Å²) >= 11 is 0. The topological polar surface area (TPSA) is 6.48 Å². The van der Waals surface area contributed by atoms with Crippen molar-refractivity contribution in [3.63, 3.8) is 0 Å². The van der Waals surface area contributed by atoms with Crippen LogP contribution in [-0.4, -0.2) is 20.3 Å². The summed E-state index contributed by atoms with van der Waals surface area (Å²) in [5, 5.41) is 0. The molecule has 100 valence electrons. The Hall–Kier alpha value is -2.10. The fraction of sp³-hybridized carbons (Fsp3) is 0.200. The van der Waals surface area contributed by atoms with E-state index in [1.54, 1.807) is 60.7 Å². The van der Waals surface area contributed by atoms with E-state index in [0.717, 1.165) is 9.80 Å². The first-order valence-electron chi connectivity index (χ1n) is 5.99. The quantitative estimate of drug-likeness (QED) is 0.610. The lowest BCUT2D eigenvalue weighted by atomic mass is 10.3. The van der Waals surface area contributed by atoms with E-state index in [4.69, 9.17) is 0 Å². The first-order valence-corrected chi connectivity index (χ1v) is 5.99. The van der Waals surface area contributed by atoms with Gasteiger partial charge in [0.05, 0.1) is 0 Å².